The van der Waals surface area contributed by atoms with E-state index in [-0.39, 0.29) is 18.4 Å². The van der Waals surface area contributed by atoms with Crippen LogP contribution in [0.3, 0.4) is 0 Å². The van der Waals surface area contributed by atoms with Gasteiger partial charge >= 0.3 is 0 Å². The van der Waals surface area contributed by atoms with E-state index >= 15 is 0 Å². The van der Waals surface area contributed by atoms with Gasteiger partial charge in [0.2, 0.25) is 5.91 Å². The van der Waals surface area contributed by atoms with Crippen LogP contribution in [0.2, 0.25) is 0 Å². The van der Waals surface area contributed by atoms with Crippen LogP contribution in [0, 0.1) is 6.92 Å². The molecule has 3 rings (SSSR count). The van der Waals surface area contributed by atoms with Crippen molar-refractivity contribution in [2.24, 2.45) is 0 Å². The van der Waals surface area contributed by atoms with Crippen molar-refractivity contribution in [3.05, 3.63) is 65.2 Å². The van der Waals surface area contributed by atoms with Crippen molar-refractivity contribution >= 4 is 11.8 Å². The van der Waals surface area contributed by atoms with Crippen molar-refractivity contribution in [3.8, 4) is 5.75 Å². The molecule has 0 unspecified atom stereocenters. The summed E-state index contributed by atoms with van der Waals surface area (Å²) < 4.78 is 5.19. The molecule has 1 aliphatic heterocycles. The fourth-order valence-electron chi connectivity index (χ4n) is 3.44. The third-order valence-electron chi connectivity index (χ3n) is 5.12. The lowest BCUT2D eigenvalue weighted by Crippen LogP contribution is -3.13. The van der Waals surface area contributed by atoms with E-state index in [1.54, 1.807) is 13.2 Å². The first-order valence-electron chi connectivity index (χ1n) is 9.64. The number of quaternary nitrogens is 1. The van der Waals surface area contributed by atoms with E-state index in [0.29, 0.717) is 18.7 Å². The zero-order valence-corrected chi connectivity index (χ0v) is 16.5. The molecule has 0 atom stereocenters. The molecule has 28 heavy (non-hydrogen) atoms. The smallest absolute Gasteiger partial charge is 0.251 e. The normalized spacial score (nSPS) is 14.6. The summed E-state index contributed by atoms with van der Waals surface area (Å²) in [6, 6.07) is 15.5. The molecule has 0 saturated carbocycles. The Morgan fingerprint density at radius 1 is 1.11 bits per heavy atom. The van der Waals surface area contributed by atoms with E-state index in [1.807, 2.05) is 42.2 Å². The fraction of sp³-hybridized carbons (Fsp3) is 0.364. The van der Waals surface area contributed by atoms with Crippen LogP contribution in [0.1, 0.15) is 21.5 Å². The van der Waals surface area contributed by atoms with E-state index in [4.69, 9.17) is 4.74 Å². The topological polar surface area (TPSA) is 63.1 Å². The number of carbonyl (C=O) groups excluding carboxylic acids is 2. The maximum absolute atomic E-state index is 12.4. The molecule has 2 aromatic carbocycles. The number of ether oxygens (including phenoxy) is 1. The molecule has 1 heterocycles. The number of aryl methyl sites for hydroxylation is 1. The van der Waals surface area contributed by atoms with Crippen LogP contribution in [0.5, 0.6) is 5.75 Å². The molecule has 1 saturated heterocycles. The fourth-order valence-corrected chi connectivity index (χ4v) is 3.44. The second-order valence-electron chi connectivity index (χ2n) is 7.21. The van der Waals surface area contributed by atoms with E-state index < -0.39 is 0 Å². The number of benzene rings is 2. The first-order chi connectivity index (χ1) is 13.5. The lowest BCUT2D eigenvalue weighted by molar-refractivity contribution is -0.917. The minimum absolute atomic E-state index is 0.0236. The van der Waals surface area contributed by atoms with Gasteiger partial charge in [-0.05, 0) is 43.3 Å². The number of hydrogen-bond donors (Lipinski definition) is 2. The minimum Gasteiger partial charge on any atom is -0.497 e. The second-order valence-corrected chi connectivity index (χ2v) is 7.21. The van der Waals surface area contributed by atoms with Crippen LogP contribution < -0.4 is 15.0 Å². The number of rotatable bonds is 6. The van der Waals surface area contributed by atoms with Crippen molar-refractivity contribution in [1.82, 2.24) is 10.2 Å². The summed E-state index contributed by atoms with van der Waals surface area (Å²) in [7, 11) is 1.67. The number of hydrogen-bond acceptors (Lipinski definition) is 3. The van der Waals surface area contributed by atoms with Gasteiger partial charge in [0, 0.05) is 11.1 Å². The Kier molecular flexibility index (Phi) is 6.66. The Labute approximate surface area is 166 Å². The first kappa shape index (κ1) is 19.9. The van der Waals surface area contributed by atoms with Gasteiger partial charge < -0.3 is 19.9 Å². The molecule has 6 heteroatoms. The van der Waals surface area contributed by atoms with Gasteiger partial charge in [-0.25, -0.2) is 0 Å². The number of nitrogens with zero attached hydrogens (tertiary/aromatic N) is 1. The highest BCUT2D eigenvalue weighted by Gasteiger charge is 2.24. The van der Waals surface area contributed by atoms with Crippen molar-refractivity contribution in [2.75, 3.05) is 39.8 Å². The Hall–Kier alpha value is -2.86. The highest BCUT2D eigenvalue weighted by atomic mass is 16.5. The van der Waals surface area contributed by atoms with E-state index in [9.17, 15) is 9.59 Å². The quantitative estimate of drug-likeness (QED) is 0.772. The van der Waals surface area contributed by atoms with Gasteiger partial charge in [0.25, 0.3) is 5.91 Å². The van der Waals surface area contributed by atoms with Gasteiger partial charge in [-0.2, -0.15) is 0 Å². The molecule has 1 aliphatic rings. The Morgan fingerprint density at radius 2 is 1.82 bits per heavy atom. The largest absolute Gasteiger partial charge is 0.497 e. The molecule has 1 fully saturated rings. The van der Waals surface area contributed by atoms with Crippen LogP contribution in [0.15, 0.2) is 48.5 Å². The predicted molar refractivity (Wildman–Crippen MR) is 107 cm³/mol. The van der Waals surface area contributed by atoms with Crippen LogP contribution in [-0.2, 0) is 11.3 Å². The molecule has 2 aromatic rings. The average Bonchev–Trinajstić information content (AvgIpc) is 2.73. The maximum atomic E-state index is 12.4. The van der Waals surface area contributed by atoms with Gasteiger partial charge in [0.1, 0.15) is 12.3 Å². The maximum Gasteiger partial charge on any atom is 0.251 e. The van der Waals surface area contributed by atoms with Crippen molar-refractivity contribution < 1.29 is 19.2 Å². The summed E-state index contributed by atoms with van der Waals surface area (Å²) in [5.74, 6) is 0.632. The van der Waals surface area contributed by atoms with Gasteiger partial charge in [-0.3, -0.25) is 9.59 Å². The molecule has 0 radical (unpaired) electrons. The first-order valence-corrected chi connectivity index (χ1v) is 9.64. The summed E-state index contributed by atoms with van der Waals surface area (Å²) in [6.45, 7) is 6.16. The predicted octanol–water partition coefficient (Wildman–Crippen LogP) is 0.661. The molecular formula is C22H28N3O3+. The Bertz CT molecular complexity index is 812. The summed E-state index contributed by atoms with van der Waals surface area (Å²) in [5, 5.41) is 2.74. The number of methoxy groups -OCH3 is 1. The average molecular weight is 382 g/mol. The highest BCUT2D eigenvalue weighted by Crippen LogP contribution is 2.10. The van der Waals surface area contributed by atoms with Crippen molar-refractivity contribution in [1.29, 1.82) is 0 Å². The lowest BCUT2D eigenvalue weighted by atomic mass is 10.1. The molecule has 2 amide bonds. The summed E-state index contributed by atoms with van der Waals surface area (Å²) in [5.41, 5.74) is 2.87. The van der Waals surface area contributed by atoms with E-state index in [1.165, 1.54) is 10.5 Å². The lowest BCUT2D eigenvalue weighted by Gasteiger charge is -2.32. The molecular weight excluding hydrogens is 354 g/mol. The van der Waals surface area contributed by atoms with Gasteiger partial charge in [0.05, 0.1) is 39.8 Å². The summed E-state index contributed by atoms with van der Waals surface area (Å²) in [6.07, 6.45) is 0. The standard InChI is InChI=1S/C22H27N3O3/c1-17-4-3-5-19(14-17)22(27)23-15-21(26)25-12-10-24(11-13-25)16-18-6-8-20(28-2)9-7-18/h3-9,14H,10-13,15-16H2,1-2H3,(H,23,27)/p+1. The van der Waals surface area contributed by atoms with Crippen LogP contribution in [-0.4, -0.2) is 56.5 Å². The number of carbonyl (C=O) groups is 2. The molecule has 2 N–H and O–H groups in total. The zero-order valence-electron chi connectivity index (χ0n) is 16.5. The molecule has 0 bridgehead atoms. The SMILES string of the molecule is COc1ccc(C[NH+]2CCN(C(=O)CNC(=O)c3cccc(C)c3)CC2)cc1. The minimum atomic E-state index is -0.208. The number of piperazine rings is 1. The molecule has 0 aromatic heterocycles. The third-order valence-corrected chi connectivity index (χ3v) is 5.12. The molecule has 0 aliphatic carbocycles. The van der Waals surface area contributed by atoms with Crippen LogP contribution in [0.4, 0.5) is 0 Å². The second kappa shape index (κ2) is 9.37. The highest BCUT2D eigenvalue weighted by molar-refractivity contribution is 5.96. The monoisotopic (exact) mass is 382 g/mol. The van der Waals surface area contributed by atoms with Crippen LogP contribution in [0.25, 0.3) is 0 Å². The van der Waals surface area contributed by atoms with Crippen molar-refractivity contribution in [2.45, 2.75) is 13.5 Å². The molecule has 6 nitrogen and oxygen atoms in total. The zero-order chi connectivity index (χ0) is 19.9. The van der Waals surface area contributed by atoms with Gasteiger partial charge in [-0.15, -0.1) is 0 Å². The van der Waals surface area contributed by atoms with Gasteiger partial charge in [-0.1, -0.05) is 17.7 Å². The summed E-state index contributed by atoms with van der Waals surface area (Å²) >= 11 is 0. The van der Waals surface area contributed by atoms with Crippen molar-refractivity contribution in [3.63, 3.8) is 0 Å². The van der Waals surface area contributed by atoms with Crippen LogP contribution >= 0.6 is 0 Å². The Balaban J connectivity index is 1.42. The Morgan fingerprint density at radius 3 is 2.46 bits per heavy atom. The number of amides is 2. The molecule has 0 spiro atoms. The van der Waals surface area contributed by atoms with E-state index in [2.05, 4.69) is 17.4 Å². The third kappa shape index (κ3) is 5.33. The van der Waals surface area contributed by atoms with Gasteiger partial charge in [0.15, 0.2) is 0 Å². The van der Waals surface area contributed by atoms with E-state index in [0.717, 1.165) is 30.9 Å². The summed E-state index contributed by atoms with van der Waals surface area (Å²) in [4.78, 5) is 27.9. The number of nitrogens with one attached hydrogen (secondary N) is 2. The molecule has 148 valence electrons.